The summed E-state index contributed by atoms with van der Waals surface area (Å²) in [5.41, 5.74) is 0.755. The first-order valence-electron chi connectivity index (χ1n) is 11.0. The van der Waals surface area contributed by atoms with Crippen LogP contribution in [0, 0.1) is 0 Å². The highest BCUT2D eigenvalue weighted by Gasteiger charge is 2.30. The second-order valence-electron chi connectivity index (χ2n) is 7.69. The average molecular weight is 477 g/mol. The molecule has 0 aliphatic heterocycles. The van der Waals surface area contributed by atoms with Crippen molar-refractivity contribution in [3.8, 4) is 17.2 Å². The van der Waals surface area contributed by atoms with Crippen LogP contribution in [0.5, 0.6) is 17.2 Å². The van der Waals surface area contributed by atoms with E-state index in [1.165, 1.54) is 19.1 Å². The van der Waals surface area contributed by atoms with Crippen molar-refractivity contribution in [2.24, 2.45) is 0 Å². The Kier molecular flexibility index (Phi) is 10.3. The summed E-state index contributed by atoms with van der Waals surface area (Å²) in [6.07, 6.45) is 1.24. The minimum Gasteiger partial charge on any atom is -0.496 e. The number of benzene rings is 2. The minimum absolute atomic E-state index is 0.00399. The average Bonchev–Trinajstić information content (AvgIpc) is 2.83. The van der Waals surface area contributed by atoms with Crippen molar-refractivity contribution in [1.29, 1.82) is 0 Å². The van der Waals surface area contributed by atoms with Crippen molar-refractivity contribution in [3.63, 3.8) is 0 Å². The van der Waals surface area contributed by atoms with E-state index in [1.807, 2.05) is 39.0 Å². The molecule has 0 fully saturated rings. The van der Waals surface area contributed by atoms with E-state index in [0.29, 0.717) is 28.7 Å². The molecule has 2 aromatic rings. The van der Waals surface area contributed by atoms with Crippen LogP contribution in [0.2, 0.25) is 5.02 Å². The zero-order valence-electron chi connectivity index (χ0n) is 19.9. The summed E-state index contributed by atoms with van der Waals surface area (Å²) < 4.78 is 16.3. The number of amides is 2. The molecule has 7 nitrogen and oxygen atoms in total. The number of carbonyl (C=O) groups is 2. The summed E-state index contributed by atoms with van der Waals surface area (Å²) in [4.78, 5) is 27.8. The van der Waals surface area contributed by atoms with E-state index in [2.05, 4.69) is 5.32 Å². The standard InChI is InChI=1S/C25H33ClN2O5/c1-6-17(3)27-25(30)23(7-2)28(15-18-10-8-9-11-22(18)26)24(29)16-33-21-13-19(31-4)12-20(14-21)32-5/h8-14,17,23H,6-7,15-16H2,1-5H3,(H,27,30). The first-order chi connectivity index (χ1) is 15.8. The van der Waals surface area contributed by atoms with Gasteiger partial charge in [-0.3, -0.25) is 9.59 Å². The van der Waals surface area contributed by atoms with Crippen LogP contribution in [-0.2, 0) is 16.1 Å². The van der Waals surface area contributed by atoms with Gasteiger partial charge in [0.25, 0.3) is 5.91 Å². The molecule has 2 rings (SSSR count). The second kappa shape index (κ2) is 12.9. The molecule has 1 N–H and O–H groups in total. The molecule has 0 radical (unpaired) electrons. The largest absolute Gasteiger partial charge is 0.496 e. The van der Waals surface area contributed by atoms with E-state index < -0.39 is 6.04 Å². The molecule has 0 aliphatic carbocycles. The number of methoxy groups -OCH3 is 2. The monoisotopic (exact) mass is 476 g/mol. The number of hydrogen-bond acceptors (Lipinski definition) is 5. The Morgan fingerprint density at radius 3 is 2.15 bits per heavy atom. The molecule has 2 unspecified atom stereocenters. The summed E-state index contributed by atoms with van der Waals surface area (Å²) in [7, 11) is 3.08. The minimum atomic E-state index is -0.661. The van der Waals surface area contributed by atoms with Crippen molar-refractivity contribution >= 4 is 23.4 Å². The molecular weight excluding hydrogens is 444 g/mol. The zero-order valence-corrected chi connectivity index (χ0v) is 20.6. The van der Waals surface area contributed by atoms with Gasteiger partial charge in [-0.1, -0.05) is 43.6 Å². The Morgan fingerprint density at radius 2 is 1.61 bits per heavy atom. The molecule has 0 aliphatic rings. The molecule has 0 saturated carbocycles. The molecular formula is C25H33ClN2O5. The van der Waals surface area contributed by atoms with Crippen LogP contribution in [0.3, 0.4) is 0 Å². The van der Waals surface area contributed by atoms with Crippen LogP contribution < -0.4 is 19.5 Å². The summed E-state index contributed by atoms with van der Waals surface area (Å²) in [5.74, 6) is 0.987. The Balaban J connectivity index is 2.27. The second-order valence-corrected chi connectivity index (χ2v) is 8.10. The highest BCUT2D eigenvalue weighted by molar-refractivity contribution is 6.31. The number of ether oxygens (including phenoxy) is 3. The molecule has 180 valence electrons. The van der Waals surface area contributed by atoms with Gasteiger partial charge in [0, 0.05) is 35.8 Å². The molecule has 2 amide bonds. The van der Waals surface area contributed by atoms with Gasteiger partial charge in [-0.25, -0.2) is 0 Å². The van der Waals surface area contributed by atoms with E-state index in [1.54, 1.807) is 24.3 Å². The van der Waals surface area contributed by atoms with E-state index in [-0.39, 0.29) is 31.0 Å². The van der Waals surface area contributed by atoms with E-state index >= 15 is 0 Å². The number of hydrogen-bond donors (Lipinski definition) is 1. The topological polar surface area (TPSA) is 77.1 Å². The molecule has 2 atom stereocenters. The van der Waals surface area contributed by atoms with Gasteiger partial charge in [0.1, 0.15) is 23.3 Å². The lowest BCUT2D eigenvalue weighted by Gasteiger charge is -2.31. The van der Waals surface area contributed by atoms with Crippen molar-refractivity contribution in [3.05, 3.63) is 53.1 Å². The van der Waals surface area contributed by atoms with Crippen molar-refractivity contribution in [2.75, 3.05) is 20.8 Å². The normalized spacial score (nSPS) is 12.4. The number of carbonyl (C=O) groups excluding carboxylic acids is 2. The third-order valence-corrected chi connectivity index (χ3v) is 5.74. The maximum Gasteiger partial charge on any atom is 0.261 e. The predicted molar refractivity (Wildman–Crippen MR) is 129 cm³/mol. The SMILES string of the molecule is CCC(C)NC(=O)C(CC)N(Cc1ccccc1Cl)C(=O)COc1cc(OC)cc(OC)c1. The van der Waals surface area contributed by atoms with Gasteiger partial charge in [-0.05, 0) is 31.4 Å². The van der Waals surface area contributed by atoms with E-state index in [0.717, 1.165) is 12.0 Å². The van der Waals surface area contributed by atoms with Gasteiger partial charge in [0.05, 0.1) is 14.2 Å². The molecule has 0 aromatic heterocycles. The zero-order chi connectivity index (χ0) is 24.4. The highest BCUT2D eigenvalue weighted by Crippen LogP contribution is 2.27. The quantitative estimate of drug-likeness (QED) is 0.489. The lowest BCUT2D eigenvalue weighted by atomic mass is 10.1. The molecule has 8 heteroatoms. The fraction of sp³-hybridized carbons (Fsp3) is 0.440. The fourth-order valence-corrected chi connectivity index (χ4v) is 3.46. The molecule has 2 aromatic carbocycles. The van der Waals surface area contributed by atoms with Crippen LogP contribution in [0.1, 0.15) is 39.2 Å². The Hall–Kier alpha value is -2.93. The third kappa shape index (κ3) is 7.56. The Bertz CT molecular complexity index is 915. The third-order valence-electron chi connectivity index (χ3n) is 5.37. The van der Waals surface area contributed by atoms with Gasteiger partial charge >= 0.3 is 0 Å². The molecule has 33 heavy (non-hydrogen) atoms. The van der Waals surface area contributed by atoms with Crippen molar-refractivity contribution in [1.82, 2.24) is 10.2 Å². The van der Waals surface area contributed by atoms with E-state index in [4.69, 9.17) is 25.8 Å². The smallest absolute Gasteiger partial charge is 0.261 e. The highest BCUT2D eigenvalue weighted by atomic mass is 35.5. The number of halogens is 1. The van der Waals surface area contributed by atoms with E-state index in [9.17, 15) is 9.59 Å². The van der Waals surface area contributed by atoms with Crippen LogP contribution >= 0.6 is 11.6 Å². The summed E-state index contributed by atoms with van der Waals surface area (Å²) in [6.45, 7) is 5.74. The maximum absolute atomic E-state index is 13.3. The van der Waals surface area contributed by atoms with Gasteiger partial charge in [0.15, 0.2) is 6.61 Å². The van der Waals surface area contributed by atoms with Crippen LogP contribution in [-0.4, -0.2) is 49.6 Å². The van der Waals surface area contributed by atoms with Crippen LogP contribution in [0.25, 0.3) is 0 Å². The number of nitrogens with one attached hydrogen (secondary N) is 1. The predicted octanol–water partition coefficient (Wildman–Crippen LogP) is 4.46. The summed E-state index contributed by atoms with van der Waals surface area (Å²) in [5, 5.41) is 3.51. The van der Waals surface area contributed by atoms with Crippen LogP contribution in [0.4, 0.5) is 0 Å². The lowest BCUT2D eigenvalue weighted by molar-refractivity contribution is -0.143. The van der Waals surface area contributed by atoms with Gasteiger partial charge in [-0.2, -0.15) is 0 Å². The molecule has 0 bridgehead atoms. The molecule has 0 saturated heterocycles. The molecule has 0 spiro atoms. The molecule has 0 heterocycles. The van der Waals surface area contributed by atoms with Gasteiger partial charge in [-0.15, -0.1) is 0 Å². The number of nitrogens with zero attached hydrogens (tertiary/aromatic N) is 1. The van der Waals surface area contributed by atoms with Crippen molar-refractivity contribution in [2.45, 2.75) is 52.2 Å². The number of rotatable bonds is 12. The van der Waals surface area contributed by atoms with Gasteiger partial charge in [0.2, 0.25) is 5.91 Å². The van der Waals surface area contributed by atoms with Crippen LogP contribution in [0.15, 0.2) is 42.5 Å². The Labute approximate surface area is 201 Å². The fourth-order valence-electron chi connectivity index (χ4n) is 3.26. The lowest BCUT2D eigenvalue weighted by Crippen LogP contribution is -2.51. The maximum atomic E-state index is 13.3. The summed E-state index contributed by atoms with van der Waals surface area (Å²) in [6, 6.07) is 11.7. The Morgan fingerprint density at radius 1 is 1.00 bits per heavy atom. The first kappa shape index (κ1) is 26.3. The summed E-state index contributed by atoms with van der Waals surface area (Å²) >= 11 is 6.35. The van der Waals surface area contributed by atoms with Crippen molar-refractivity contribution < 1.29 is 23.8 Å². The van der Waals surface area contributed by atoms with Gasteiger partial charge < -0.3 is 24.4 Å². The first-order valence-corrected chi connectivity index (χ1v) is 11.4.